The van der Waals surface area contributed by atoms with Gasteiger partial charge in [-0.05, 0) is 49.4 Å². The van der Waals surface area contributed by atoms with Crippen molar-refractivity contribution in [1.82, 2.24) is 9.88 Å². The van der Waals surface area contributed by atoms with Crippen LogP contribution in [0.1, 0.15) is 29.6 Å². The molecule has 1 aliphatic carbocycles. The second kappa shape index (κ2) is 6.75. The third-order valence-corrected chi connectivity index (χ3v) is 5.35. The van der Waals surface area contributed by atoms with Gasteiger partial charge in [-0.1, -0.05) is 6.07 Å². The quantitative estimate of drug-likeness (QED) is 0.840. The van der Waals surface area contributed by atoms with E-state index in [1.807, 2.05) is 41.3 Å². The fourth-order valence-corrected chi connectivity index (χ4v) is 4.14. The largest absolute Gasteiger partial charge is 0.497 e. The number of rotatable bonds is 5. The van der Waals surface area contributed by atoms with Crippen molar-refractivity contribution in [2.24, 2.45) is 5.92 Å². The first-order chi connectivity index (χ1) is 12.3. The van der Waals surface area contributed by atoms with Crippen LogP contribution >= 0.6 is 0 Å². The zero-order valence-corrected chi connectivity index (χ0v) is 14.3. The number of carbonyl (C=O) groups excluding carboxylic acids is 1. The molecule has 0 N–H and O–H groups in total. The zero-order chi connectivity index (χ0) is 17.2. The van der Waals surface area contributed by atoms with Crippen LogP contribution < -0.4 is 9.47 Å². The average molecular weight is 338 g/mol. The van der Waals surface area contributed by atoms with E-state index < -0.39 is 0 Å². The summed E-state index contributed by atoms with van der Waals surface area (Å²) in [5.41, 5.74) is 0.654. The van der Waals surface area contributed by atoms with Crippen molar-refractivity contribution in [2.45, 2.75) is 31.3 Å². The Morgan fingerprint density at radius 3 is 2.92 bits per heavy atom. The smallest absolute Gasteiger partial charge is 0.256 e. The standard InChI is InChI=1S/C20H22N2O3/c1-24-17-5-2-6-18(11-17)25-13-19-14-7-8-16(10-14)22(19)20(23)15-4-3-9-21-12-15/h2-6,9,11-12,14,16,19H,7-8,10,13H2,1H3/t14-,16+,19-/m0/s1. The summed E-state index contributed by atoms with van der Waals surface area (Å²) in [6.07, 6.45) is 6.68. The maximum Gasteiger partial charge on any atom is 0.256 e. The molecule has 0 unspecified atom stereocenters. The summed E-state index contributed by atoms with van der Waals surface area (Å²) < 4.78 is 11.3. The highest BCUT2D eigenvalue weighted by atomic mass is 16.5. The van der Waals surface area contributed by atoms with Crippen LogP contribution in [0, 0.1) is 5.92 Å². The molecule has 1 aliphatic heterocycles. The summed E-state index contributed by atoms with van der Waals surface area (Å²) in [5, 5.41) is 0. The van der Waals surface area contributed by atoms with Crippen molar-refractivity contribution in [3.8, 4) is 11.5 Å². The van der Waals surface area contributed by atoms with E-state index in [-0.39, 0.29) is 11.9 Å². The number of piperidine rings is 1. The Labute approximate surface area is 147 Å². The summed E-state index contributed by atoms with van der Waals surface area (Å²) >= 11 is 0. The molecule has 1 saturated carbocycles. The molecule has 0 radical (unpaired) electrons. The van der Waals surface area contributed by atoms with Gasteiger partial charge in [-0.3, -0.25) is 9.78 Å². The van der Waals surface area contributed by atoms with E-state index in [4.69, 9.17) is 9.47 Å². The van der Waals surface area contributed by atoms with Crippen LogP contribution in [-0.4, -0.2) is 41.6 Å². The molecule has 1 amide bonds. The highest BCUT2D eigenvalue weighted by molar-refractivity contribution is 5.94. The first kappa shape index (κ1) is 15.9. The molecule has 3 atom stereocenters. The van der Waals surface area contributed by atoms with E-state index in [0.717, 1.165) is 24.3 Å². The Balaban J connectivity index is 1.50. The fraction of sp³-hybridized carbons (Fsp3) is 0.400. The monoisotopic (exact) mass is 338 g/mol. The molecule has 2 aromatic rings. The highest BCUT2D eigenvalue weighted by Gasteiger charge is 2.48. The molecule has 1 aromatic heterocycles. The predicted octanol–water partition coefficient (Wildman–Crippen LogP) is 3.16. The van der Waals surface area contributed by atoms with Gasteiger partial charge < -0.3 is 14.4 Å². The Kier molecular flexibility index (Phi) is 4.30. The van der Waals surface area contributed by atoms with Crippen molar-refractivity contribution in [3.63, 3.8) is 0 Å². The lowest BCUT2D eigenvalue weighted by Crippen LogP contribution is -2.47. The van der Waals surface area contributed by atoms with E-state index in [1.54, 1.807) is 19.5 Å². The number of amides is 1. The summed E-state index contributed by atoms with van der Waals surface area (Å²) in [6.45, 7) is 0.514. The van der Waals surface area contributed by atoms with E-state index in [0.29, 0.717) is 24.1 Å². The highest BCUT2D eigenvalue weighted by Crippen LogP contribution is 2.43. The first-order valence-electron chi connectivity index (χ1n) is 8.76. The van der Waals surface area contributed by atoms with Crippen LogP contribution in [-0.2, 0) is 0 Å². The number of hydrogen-bond donors (Lipinski definition) is 0. The summed E-state index contributed by atoms with van der Waals surface area (Å²) in [6, 6.07) is 11.7. The maximum absolute atomic E-state index is 13.0. The molecule has 4 rings (SSSR count). The SMILES string of the molecule is COc1cccc(OC[C@H]2[C@H]3CC[C@H](C3)N2C(=O)c2cccnc2)c1. The van der Waals surface area contributed by atoms with E-state index >= 15 is 0 Å². The number of nitrogens with zero attached hydrogens (tertiary/aromatic N) is 2. The molecule has 1 aromatic carbocycles. The van der Waals surface area contributed by atoms with E-state index in [1.165, 1.54) is 6.42 Å². The van der Waals surface area contributed by atoms with Gasteiger partial charge in [0.05, 0.1) is 18.7 Å². The maximum atomic E-state index is 13.0. The van der Waals surface area contributed by atoms with Gasteiger partial charge in [0, 0.05) is 24.5 Å². The van der Waals surface area contributed by atoms with Crippen LogP contribution in [0.2, 0.25) is 0 Å². The first-order valence-corrected chi connectivity index (χ1v) is 8.76. The van der Waals surface area contributed by atoms with Gasteiger partial charge in [-0.2, -0.15) is 0 Å². The number of carbonyl (C=O) groups is 1. The molecule has 2 fully saturated rings. The van der Waals surface area contributed by atoms with Gasteiger partial charge in [0.2, 0.25) is 0 Å². The van der Waals surface area contributed by atoms with Crippen molar-refractivity contribution in [1.29, 1.82) is 0 Å². The number of benzene rings is 1. The molecule has 2 aliphatic rings. The van der Waals surface area contributed by atoms with Gasteiger partial charge in [-0.15, -0.1) is 0 Å². The number of likely N-dealkylation sites (tertiary alicyclic amines) is 1. The number of pyridine rings is 1. The molecular formula is C20H22N2O3. The molecule has 1 saturated heterocycles. The topological polar surface area (TPSA) is 51.7 Å². The lowest BCUT2D eigenvalue weighted by atomic mass is 9.99. The lowest BCUT2D eigenvalue weighted by molar-refractivity contribution is 0.0505. The average Bonchev–Trinajstić information content (AvgIpc) is 3.28. The number of hydrogen-bond acceptors (Lipinski definition) is 4. The number of fused-ring (bicyclic) bond motifs is 2. The van der Waals surface area contributed by atoms with Crippen molar-refractivity contribution in [3.05, 3.63) is 54.4 Å². The van der Waals surface area contributed by atoms with Crippen molar-refractivity contribution in [2.75, 3.05) is 13.7 Å². The molecule has 0 spiro atoms. The van der Waals surface area contributed by atoms with Gasteiger partial charge in [-0.25, -0.2) is 0 Å². The Morgan fingerprint density at radius 2 is 2.12 bits per heavy atom. The normalized spacial score (nSPS) is 24.4. The second-order valence-corrected chi connectivity index (χ2v) is 6.74. The summed E-state index contributed by atoms with van der Waals surface area (Å²) in [7, 11) is 1.64. The van der Waals surface area contributed by atoms with Crippen LogP contribution in [0.4, 0.5) is 0 Å². The van der Waals surface area contributed by atoms with Gasteiger partial charge in [0.15, 0.2) is 0 Å². The predicted molar refractivity (Wildman–Crippen MR) is 93.8 cm³/mol. The number of methoxy groups -OCH3 is 1. The Hall–Kier alpha value is -2.56. The molecule has 5 heteroatoms. The zero-order valence-electron chi connectivity index (χ0n) is 14.3. The van der Waals surface area contributed by atoms with E-state index in [9.17, 15) is 4.79 Å². The third kappa shape index (κ3) is 3.06. The van der Waals surface area contributed by atoms with Gasteiger partial charge >= 0.3 is 0 Å². The molecule has 25 heavy (non-hydrogen) atoms. The van der Waals surface area contributed by atoms with Crippen molar-refractivity contribution < 1.29 is 14.3 Å². The molecular weight excluding hydrogens is 316 g/mol. The molecule has 2 bridgehead atoms. The molecule has 5 nitrogen and oxygen atoms in total. The number of ether oxygens (including phenoxy) is 2. The fourth-order valence-electron chi connectivity index (χ4n) is 4.14. The third-order valence-electron chi connectivity index (χ3n) is 5.35. The van der Waals surface area contributed by atoms with E-state index in [2.05, 4.69) is 4.98 Å². The molecule has 2 heterocycles. The molecule has 130 valence electrons. The minimum absolute atomic E-state index is 0.0690. The Bertz CT molecular complexity index is 750. The van der Waals surface area contributed by atoms with Gasteiger partial charge in [0.1, 0.15) is 18.1 Å². The van der Waals surface area contributed by atoms with Crippen LogP contribution in [0.15, 0.2) is 48.8 Å². The van der Waals surface area contributed by atoms with Crippen molar-refractivity contribution >= 4 is 5.91 Å². The lowest BCUT2D eigenvalue weighted by Gasteiger charge is -2.35. The summed E-state index contributed by atoms with van der Waals surface area (Å²) in [5.74, 6) is 2.14. The summed E-state index contributed by atoms with van der Waals surface area (Å²) in [4.78, 5) is 19.1. The Morgan fingerprint density at radius 1 is 1.24 bits per heavy atom. The van der Waals surface area contributed by atoms with Gasteiger partial charge in [0.25, 0.3) is 5.91 Å². The van der Waals surface area contributed by atoms with Crippen LogP contribution in [0.25, 0.3) is 0 Å². The second-order valence-electron chi connectivity index (χ2n) is 6.74. The minimum atomic E-state index is 0.0690. The van der Waals surface area contributed by atoms with Crippen LogP contribution in [0.5, 0.6) is 11.5 Å². The van der Waals surface area contributed by atoms with Crippen LogP contribution in [0.3, 0.4) is 0 Å². The number of aromatic nitrogens is 1. The minimum Gasteiger partial charge on any atom is -0.497 e.